The van der Waals surface area contributed by atoms with Crippen molar-refractivity contribution in [2.24, 2.45) is 11.5 Å². The van der Waals surface area contributed by atoms with Gasteiger partial charge >= 0.3 is 0 Å². The molecule has 0 unspecified atom stereocenters. The van der Waals surface area contributed by atoms with E-state index in [1.807, 2.05) is 30.3 Å². The fourth-order valence-corrected chi connectivity index (χ4v) is 5.61. The van der Waals surface area contributed by atoms with Crippen molar-refractivity contribution >= 4 is 22.5 Å². The second-order valence-electron chi connectivity index (χ2n) is 9.66. The number of aryl methyl sites for hydroxylation is 1. The lowest BCUT2D eigenvalue weighted by Crippen LogP contribution is -2.28. The highest BCUT2D eigenvalue weighted by Gasteiger charge is 2.27. The Morgan fingerprint density at radius 1 is 1.00 bits per heavy atom. The van der Waals surface area contributed by atoms with Crippen LogP contribution in [0.25, 0.3) is 33.3 Å². The van der Waals surface area contributed by atoms with E-state index in [2.05, 4.69) is 28.1 Å². The zero-order valence-corrected chi connectivity index (χ0v) is 19.7. The molecular weight excluding hydrogens is 434 g/mol. The molecule has 6 rings (SSSR count). The Morgan fingerprint density at radius 3 is 2.66 bits per heavy atom. The minimum absolute atomic E-state index is 0.216. The Morgan fingerprint density at radius 2 is 1.83 bits per heavy atom. The SMILES string of the molecule is NC(=O)c1ccccc1-c1cc(-c2ccc3nc4c(c(N5CC[C@H](N)C5)c3c2)CCCC4)ccn1. The molecule has 1 saturated heterocycles. The molecule has 35 heavy (non-hydrogen) atoms. The maximum Gasteiger partial charge on any atom is 0.249 e. The van der Waals surface area contributed by atoms with Crippen molar-refractivity contribution in [1.29, 1.82) is 0 Å². The molecule has 4 N–H and O–H groups in total. The number of nitrogens with zero attached hydrogens (tertiary/aromatic N) is 3. The summed E-state index contributed by atoms with van der Waals surface area (Å²) in [6, 6.07) is 18.1. The van der Waals surface area contributed by atoms with E-state index >= 15 is 0 Å². The number of pyridine rings is 2. The van der Waals surface area contributed by atoms with Crippen molar-refractivity contribution in [1.82, 2.24) is 9.97 Å². The second-order valence-corrected chi connectivity index (χ2v) is 9.66. The van der Waals surface area contributed by atoms with E-state index in [0.29, 0.717) is 5.56 Å². The van der Waals surface area contributed by atoms with Crippen molar-refractivity contribution in [2.75, 3.05) is 18.0 Å². The summed E-state index contributed by atoms with van der Waals surface area (Å²) in [5.41, 5.74) is 21.0. The van der Waals surface area contributed by atoms with Crippen LogP contribution in [0.1, 0.15) is 40.9 Å². The van der Waals surface area contributed by atoms with Crippen molar-refractivity contribution in [3.05, 3.63) is 77.6 Å². The summed E-state index contributed by atoms with van der Waals surface area (Å²) >= 11 is 0. The normalized spacial score (nSPS) is 17.5. The molecular formula is C29H29N5O. The highest BCUT2D eigenvalue weighted by Crippen LogP contribution is 2.39. The number of carbonyl (C=O) groups is 1. The van der Waals surface area contributed by atoms with Crippen LogP contribution in [0.2, 0.25) is 0 Å². The second kappa shape index (κ2) is 8.78. The molecule has 176 valence electrons. The Kier molecular flexibility index (Phi) is 5.46. The van der Waals surface area contributed by atoms with Gasteiger partial charge in [-0.2, -0.15) is 0 Å². The molecule has 6 nitrogen and oxygen atoms in total. The molecule has 0 bridgehead atoms. The maximum atomic E-state index is 12.0. The molecule has 6 heteroatoms. The number of amides is 1. The summed E-state index contributed by atoms with van der Waals surface area (Å²) in [7, 11) is 0. The first-order valence-corrected chi connectivity index (χ1v) is 12.4. The summed E-state index contributed by atoms with van der Waals surface area (Å²) in [5.74, 6) is -0.456. The van der Waals surface area contributed by atoms with E-state index in [9.17, 15) is 4.79 Å². The Hall–Kier alpha value is -3.77. The highest BCUT2D eigenvalue weighted by molar-refractivity contribution is 6.00. The zero-order chi connectivity index (χ0) is 23.9. The molecule has 2 aromatic carbocycles. The van der Waals surface area contributed by atoms with Crippen LogP contribution < -0.4 is 16.4 Å². The van der Waals surface area contributed by atoms with E-state index in [-0.39, 0.29) is 6.04 Å². The molecule has 1 fully saturated rings. The number of rotatable bonds is 4. The molecule has 1 amide bonds. The van der Waals surface area contributed by atoms with Crippen molar-refractivity contribution in [3.8, 4) is 22.4 Å². The summed E-state index contributed by atoms with van der Waals surface area (Å²) in [4.78, 5) is 24.1. The number of carbonyl (C=O) groups excluding carboxylic acids is 1. The van der Waals surface area contributed by atoms with Gasteiger partial charge in [0, 0.05) is 47.5 Å². The molecule has 3 heterocycles. The molecule has 1 aliphatic carbocycles. The Bertz CT molecular complexity index is 1450. The monoisotopic (exact) mass is 463 g/mol. The van der Waals surface area contributed by atoms with Crippen molar-refractivity contribution in [3.63, 3.8) is 0 Å². The lowest BCUT2D eigenvalue weighted by atomic mass is 9.91. The van der Waals surface area contributed by atoms with Gasteiger partial charge in [0.15, 0.2) is 0 Å². The van der Waals surface area contributed by atoms with Crippen LogP contribution in [0, 0.1) is 0 Å². The van der Waals surface area contributed by atoms with Crippen LogP contribution in [0.4, 0.5) is 5.69 Å². The highest BCUT2D eigenvalue weighted by atomic mass is 16.1. The topological polar surface area (TPSA) is 98.1 Å². The quantitative estimate of drug-likeness (QED) is 0.465. The van der Waals surface area contributed by atoms with Crippen LogP contribution in [0.5, 0.6) is 0 Å². The van der Waals surface area contributed by atoms with E-state index in [1.165, 1.54) is 35.2 Å². The number of aromatic nitrogens is 2. The molecule has 0 saturated carbocycles. The number of hydrogen-bond donors (Lipinski definition) is 2. The summed E-state index contributed by atoms with van der Waals surface area (Å²) in [6.45, 7) is 1.87. The summed E-state index contributed by atoms with van der Waals surface area (Å²) in [6.07, 6.45) is 7.35. The van der Waals surface area contributed by atoms with Crippen molar-refractivity contribution in [2.45, 2.75) is 38.1 Å². The Labute approximate surface area is 205 Å². The van der Waals surface area contributed by atoms with Crippen LogP contribution >= 0.6 is 0 Å². The summed E-state index contributed by atoms with van der Waals surface area (Å²) < 4.78 is 0. The van der Waals surface area contributed by atoms with Crippen LogP contribution in [-0.4, -0.2) is 35.0 Å². The fourth-order valence-electron chi connectivity index (χ4n) is 5.61. The van der Waals surface area contributed by atoms with Crippen molar-refractivity contribution < 1.29 is 4.79 Å². The number of nitrogens with two attached hydrogens (primary N) is 2. The molecule has 2 aromatic heterocycles. The average Bonchev–Trinajstić information content (AvgIpc) is 3.32. The number of primary amides is 1. The predicted molar refractivity (Wildman–Crippen MR) is 140 cm³/mol. The molecule has 0 spiro atoms. The van der Waals surface area contributed by atoms with Gasteiger partial charge in [-0.25, -0.2) is 0 Å². The van der Waals surface area contributed by atoms with Crippen LogP contribution in [0.15, 0.2) is 60.8 Å². The van der Waals surface area contributed by atoms with Gasteiger partial charge in [-0.05, 0) is 79.1 Å². The fraction of sp³-hybridized carbons (Fsp3) is 0.276. The number of hydrogen-bond acceptors (Lipinski definition) is 5. The zero-order valence-electron chi connectivity index (χ0n) is 19.7. The largest absolute Gasteiger partial charge is 0.369 e. The minimum Gasteiger partial charge on any atom is -0.369 e. The molecule has 0 radical (unpaired) electrons. The third-order valence-corrected chi connectivity index (χ3v) is 7.33. The number of benzene rings is 2. The van der Waals surface area contributed by atoms with Gasteiger partial charge < -0.3 is 16.4 Å². The van der Waals surface area contributed by atoms with E-state index < -0.39 is 5.91 Å². The number of anilines is 1. The molecule has 1 atom stereocenters. The van der Waals surface area contributed by atoms with Gasteiger partial charge in [-0.1, -0.05) is 24.3 Å². The van der Waals surface area contributed by atoms with Gasteiger partial charge in [-0.15, -0.1) is 0 Å². The first-order chi connectivity index (χ1) is 17.1. The third kappa shape index (κ3) is 3.94. The van der Waals surface area contributed by atoms with Gasteiger partial charge in [0.2, 0.25) is 5.91 Å². The molecule has 4 aromatic rings. The smallest absolute Gasteiger partial charge is 0.249 e. The predicted octanol–water partition coefficient (Wildman–Crippen LogP) is 4.48. The van der Waals surface area contributed by atoms with Gasteiger partial charge in [-0.3, -0.25) is 14.8 Å². The average molecular weight is 464 g/mol. The van der Waals surface area contributed by atoms with E-state index in [0.717, 1.165) is 60.3 Å². The first-order valence-electron chi connectivity index (χ1n) is 12.4. The van der Waals surface area contributed by atoms with E-state index in [4.69, 9.17) is 16.5 Å². The summed E-state index contributed by atoms with van der Waals surface area (Å²) in [5, 5.41) is 1.19. The standard InChI is InChI=1S/C29H29N5O/c30-20-12-14-34(17-20)28-23-7-3-4-8-25(23)33-26-10-9-18(15-24(26)28)19-11-13-32-27(16-19)21-5-1-2-6-22(21)29(31)35/h1-2,5-6,9-11,13,15-16,20H,3-4,7-8,12,14,17,30H2,(H2,31,35)/t20-/m0/s1. The minimum atomic E-state index is -0.456. The third-order valence-electron chi connectivity index (χ3n) is 7.33. The van der Waals surface area contributed by atoms with Crippen LogP contribution in [0.3, 0.4) is 0 Å². The van der Waals surface area contributed by atoms with Crippen LogP contribution in [-0.2, 0) is 12.8 Å². The molecule has 1 aliphatic heterocycles. The lowest BCUT2D eigenvalue weighted by molar-refractivity contribution is 0.100. The van der Waals surface area contributed by atoms with Gasteiger partial charge in [0.25, 0.3) is 0 Å². The maximum absolute atomic E-state index is 12.0. The Balaban J connectivity index is 1.49. The number of fused-ring (bicyclic) bond motifs is 2. The lowest BCUT2D eigenvalue weighted by Gasteiger charge is -2.28. The van der Waals surface area contributed by atoms with Gasteiger partial charge in [0.1, 0.15) is 0 Å². The van der Waals surface area contributed by atoms with Gasteiger partial charge in [0.05, 0.1) is 16.9 Å². The first kappa shape index (κ1) is 21.7. The van der Waals surface area contributed by atoms with E-state index in [1.54, 1.807) is 12.3 Å². The molecule has 2 aliphatic rings.